The van der Waals surface area contributed by atoms with Crippen LogP contribution in [-0.2, 0) is 9.13 Å². The van der Waals surface area contributed by atoms with Gasteiger partial charge in [0.1, 0.15) is 0 Å². The molecule has 0 saturated heterocycles. The molecular weight excluding hydrogens is 394 g/mol. The normalized spacial score (nSPS) is 7.38. The van der Waals surface area contributed by atoms with Crippen LogP contribution in [0.2, 0.25) is 0 Å². The monoisotopic (exact) mass is 406 g/mol. The van der Waals surface area contributed by atoms with Gasteiger partial charge >= 0.3 is 113 Å². The van der Waals surface area contributed by atoms with Crippen molar-refractivity contribution in [2.75, 3.05) is 0 Å². The summed E-state index contributed by atoms with van der Waals surface area (Å²) in [5.74, 6) is 0. The topological polar surface area (TPSA) is 172 Å². The summed E-state index contributed by atoms with van der Waals surface area (Å²) in [5.41, 5.74) is 0. The van der Waals surface area contributed by atoms with Gasteiger partial charge in [-0.15, -0.1) is 0 Å². The largest absolute Gasteiger partial charge is 2.00 e. The van der Waals surface area contributed by atoms with Gasteiger partial charge in [0.05, 0.1) is 0 Å². The zero-order valence-electron chi connectivity index (χ0n) is 6.28. The molecule has 0 N–H and O–H groups in total. The van der Waals surface area contributed by atoms with Gasteiger partial charge in [-0.3, -0.25) is 0 Å². The minimum Gasteiger partial charge on any atom is -0.822 e. The van der Waals surface area contributed by atoms with Crippen LogP contribution in [0, 0.1) is 0 Å². The Balaban J connectivity index is -0.00000000970. The predicted molar refractivity (Wildman–Crippen MR) is 66.5 cm³/mol. The third kappa shape index (κ3) is 269. The predicted octanol–water partition coefficient (Wildman–Crippen LogP) is -11.1. The van der Waals surface area contributed by atoms with Gasteiger partial charge in [-0.2, -0.15) is 15.6 Å². The van der Waals surface area contributed by atoms with Crippen molar-refractivity contribution in [2.24, 2.45) is 0 Å². The molecule has 0 aromatic heterocycles. The van der Waals surface area contributed by atoms with Crippen LogP contribution in [0.1, 0.15) is 0 Å². The fourth-order valence-corrected chi connectivity index (χ4v) is 0. The maximum atomic E-state index is 8.55. The maximum Gasteiger partial charge on any atom is 2.00 e. The first-order valence-electron chi connectivity index (χ1n) is 1.46. The van der Waals surface area contributed by atoms with Crippen molar-refractivity contribution in [3.8, 4) is 0 Å². The van der Waals surface area contributed by atoms with Crippen LogP contribution in [0.25, 0.3) is 0 Å². The fourth-order valence-electron chi connectivity index (χ4n) is 0. The smallest absolute Gasteiger partial charge is 0.822 e. The Morgan fingerprint density at radius 3 is 0.500 bits per heavy atom. The van der Waals surface area contributed by atoms with Gasteiger partial charge in [-0.25, -0.2) is 0 Å². The van der Waals surface area contributed by atoms with Gasteiger partial charge in [-0.05, 0) is 32.9 Å². The first-order valence-corrected chi connectivity index (χ1v) is 4.38. The fraction of sp³-hybridized carbons (Fsp3) is 0. The second kappa shape index (κ2) is 24.7. The Kier molecular flexibility index (Phi) is 76.8. The molecule has 0 saturated carbocycles. The summed E-state index contributed by atoms with van der Waals surface area (Å²) in [4.78, 5) is 51.3. The number of hydrogen-bond acceptors (Lipinski definition) is 8. The Morgan fingerprint density at radius 2 is 0.500 bits per heavy atom. The summed E-state index contributed by atoms with van der Waals surface area (Å²) >= 11 is 0. The Hall–Kier alpha value is 4.65. The first kappa shape index (κ1) is 49.8. The van der Waals surface area contributed by atoms with Gasteiger partial charge in [0, 0.05) is 0 Å². The summed E-state index contributed by atoms with van der Waals surface area (Å²) in [6.45, 7) is 0. The molecule has 0 heterocycles. The molecule has 16 heteroatoms. The average molecular weight is 407 g/mol. The summed E-state index contributed by atoms with van der Waals surface area (Å²) in [7, 11) is -10.8. The SMILES string of the molecule is O=P([O-])([O-])[O-].O=P([O-])([O-])[O-].[Ca+2].[Ca+2].[Ca+2].[SiH4].[SiH4].[SiH4]. The maximum absolute atomic E-state index is 8.55. The van der Waals surface area contributed by atoms with Crippen molar-refractivity contribution in [2.45, 2.75) is 0 Å². The third-order valence-corrected chi connectivity index (χ3v) is 0. The molecule has 0 bridgehead atoms. The van der Waals surface area contributed by atoms with E-state index in [-0.39, 0.29) is 146 Å². The van der Waals surface area contributed by atoms with Gasteiger partial charge in [-0.1, -0.05) is 0 Å². The molecule has 0 aromatic rings. The van der Waals surface area contributed by atoms with Crippen LogP contribution in [0.5, 0.6) is 0 Å². The zero-order chi connectivity index (χ0) is 9.00. The van der Waals surface area contributed by atoms with E-state index in [4.69, 9.17) is 38.5 Å². The molecule has 0 aliphatic heterocycles. The molecule has 0 atom stereocenters. The van der Waals surface area contributed by atoms with Crippen LogP contribution in [0.4, 0.5) is 0 Å². The molecule has 0 rings (SSSR count). The van der Waals surface area contributed by atoms with Crippen molar-refractivity contribution < 1.29 is 38.5 Å². The Morgan fingerprint density at radius 1 is 0.500 bits per heavy atom. The summed E-state index contributed by atoms with van der Waals surface area (Å²) in [6, 6.07) is 0. The van der Waals surface area contributed by atoms with Crippen LogP contribution < -0.4 is 29.4 Å². The minimum atomic E-state index is -5.39. The van der Waals surface area contributed by atoms with E-state index in [1.165, 1.54) is 0 Å². The van der Waals surface area contributed by atoms with E-state index in [9.17, 15) is 0 Å². The molecule has 0 aliphatic rings. The van der Waals surface area contributed by atoms with E-state index in [1.807, 2.05) is 0 Å². The summed E-state index contributed by atoms with van der Waals surface area (Å²) < 4.78 is 17.1. The molecule has 0 radical (unpaired) electrons. The summed E-state index contributed by atoms with van der Waals surface area (Å²) in [5, 5.41) is 0. The molecule has 0 aliphatic carbocycles. The summed E-state index contributed by atoms with van der Waals surface area (Å²) in [6.07, 6.45) is 0. The van der Waals surface area contributed by atoms with Gasteiger partial charge in [0.25, 0.3) is 0 Å². The van der Waals surface area contributed by atoms with E-state index in [1.54, 1.807) is 0 Å². The molecule has 8 nitrogen and oxygen atoms in total. The third-order valence-electron chi connectivity index (χ3n) is 0. The van der Waals surface area contributed by atoms with Gasteiger partial charge in [0.15, 0.2) is 0 Å². The number of phosphoric acid groups is 2. The van der Waals surface area contributed by atoms with Crippen molar-refractivity contribution in [3.05, 3.63) is 0 Å². The zero-order valence-corrected chi connectivity index (χ0v) is 14.7. The van der Waals surface area contributed by atoms with E-state index < -0.39 is 15.6 Å². The molecule has 0 unspecified atom stereocenters. The number of hydrogen-bond donors (Lipinski definition) is 0. The van der Waals surface area contributed by atoms with E-state index >= 15 is 0 Å². The van der Waals surface area contributed by atoms with Crippen molar-refractivity contribution >= 4 is 162 Å². The van der Waals surface area contributed by atoms with Crippen molar-refractivity contribution in [3.63, 3.8) is 0 Å². The average Bonchev–Trinajstić information content (AvgIpc) is 1.12. The molecule has 0 spiro atoms. The Bertz CT molecular complexity index is 141. The minimum absolute atomic E-state index is 0. The quantitative estimate of drug-likeness (QED) is 0.281. The van der Waals surface area contributed by atoms with Crippen LogP contribution >= 0.6 is 15.6 Å². The Labute approximate surface area is 196 Å². The second-order valence-electron chi connectivity index (χ2n) is 0.894. The second-order valence-corrected chi connectivity index (χ2v) is 2.68. The van der Waals surface area contributed by atoms with Crippen molar-refractivity contribution in [1.29, 1.82) is 0 Å². The van der Waals surface area contributed by atoms with Crippen LogP contribution in [0.15, 0.2) is 0 Å². The molecule has 0 aromatic carbocycles. The number of rotatable bonds is 0. The van der Waals surface area contributed by atoms with Crippen molar-refractivity contribution in [1.82, 2.24) is 0 Å². The van der Waals surface area contributed by atoms with Gasteiger partial charge in [0.2, 0.25) is 0 Å². The van der Waals surface area contributed by atoms with Crippen LogP contribution in [0.3, 0.4) is 0 Å². The molecule has 88 valence electrons. The van der Waals surface area contributed by atoms with E-state index in [2.05, 4.69) is 0 Å². The van der Waals surface area contributed by atoms with E-state index in [0.29, 0.717) is 0 Å². The molecule has 0 amide bonds. The van der Waals surface area contributed by atoms with E-state index in [0.717, 1.165) is 0 Å². The van der Waals surface area contributed by atoms with Gasteiger partial charge < -0.3 is 38.5 Å². The molecule has 16 heavy (non-hydrogen) atoms. The standard InChI is InChI=1S/3Ca.2H3O4P.3H4Si/c;;;2*1-5(2,3)4;;;/h;;;2*(H3,1,2,3,4);3*1H4/q3*+2;;;;;/p-6. The first-order chi connectivity index (χ1) is 4.00. The van der Waals surface area contributed by atoms with Crippen LogP contribution in [-0.4, -0.2) is 146 Å². The molecule has 0 fully saturated rings. The molecular formula is H12Ca3O8P2Si3.